The summed E-state index contributed by atoms with van der Waals surface area (Å²) in [6.07, 6.45) is 2.49. The second kappa shape index (κ2) is 10.7. The molecule has 0 fully saturated rings. The lowest BCUT2D eigenvalue weighted by Crippen LogP contribution is -2.41. The smallest absolute Gasteiger partial charge is 0.407 e. The van der Waals surface area contributed by atoms with E-state index in [-0.39, 0.29) is 12.1 Å². The van der Waals surface area contributed by atoms with Crippen LogP contribution >= 0.6 is 11.3 Å². The van der Waals surface area contributed by atoms with Crippen molar-refractivity contribution in [1.29, 1.82) is 0 Å². The first kappa shape index (κ1) is 20.9. The largest absolute Gasteiger partial charge is 0.444 e. The summed E-state index contributed by atoms with van der Waals surface area (Å²) >= 11 is 1.79. The summed E-state index contributed by atoms with van der Waals surface area (Å²) in [5.41, 5.74) is -0.457. The number of carbonyl (C=O) groups excluding carboxylic acids is 1. The van der Waals surface area contributed by atoms with Crippen molar-refractivity contribution in [1.82, 2.24) is 10.6 Å². The zero-order chi connectivity index (χ0) is 18.0. The van der Waals surface area contributed by atoms with E-state index in [0.29, 0.717) is 19.2 Å². The number of rotatable bonds is 10. The van der Waals surface area contributed by atoms with Crippen molar-refractivity contribution in [3.8, 4) is 0 Å². The van der Waals surface area contributed by atoms with Gasteiger partial charge < -0.3 is 20.1 Å². The topological polar surface area (TPSA) is 59.6 Å². The van der Waals surface area contributed by atoms with Gasteiger partial charge in [-0.2, -0.15) is 0 Å². The van der Waals surface area contributed by atoms with Gasteiger partial charge in [-0.15, -0.1) is 11.3 Å². The summed E-state index contributed by atoms with van der Waals surface area (Å²) < 4.78 is 10.5. The second-order valence-electron chi connectivity index (χ2n) is 7.07. The molecule has 2 N–H and O–H groups in total. The average molecular weight is 357 g/mol. The van der Waals surface area contributed by atoms with Crippen molar-refractivity contribution >= 4 is 17.4 Å². The van der Waals surface area contributed by atoms with Crippen LogP contribution in [0.5, 0.6) is 0 Å². The lowest BCUT2D eigenvalue weighted by molar-refractivity contribution is 0.0526. The Labute approximate surface area is 150 Å². The van der Waals surface area contributed by atoms with E-state index in [2.05, 4.69) is 35.1 Å². The van der Waals surface area contributed by atoms with E-state index in [1.54, 1.807) is 18.4 Å². The van der Waals surface area contributed by atoms with Crippen LogP contribution in [0.4, 0.5) is 4.79 Å². The Morgan fingerprint density at radius 2 is 2.12 bits per heavy atom. The molecule has 6 heteroatoms. The fraction of sp³-hybridized carbons (Fsp3) is 0.722. The number of ether oxygens (including phenoxy) is 2. The summed E-state index contributed by atoms with van der Waals surface area (Å²) in [7, 11) is 1.72. The molecule has 0 bridgehead atoms. The van der Waals surface area contributed by atoms with E-state index in [0.717, 1.165) is 19.3 Å². The number of thiophene rings is 1. The number of hydrogen-bond donors (Lipinski definition) is 2. The van der Waals surface area contributed by atoms with E-state index in [1.165, 1.54) is 4.88 Å². The summed E-state index contributed by atoms with van der Waals surface area (Å²) in [4.78, 5) is 13.0. The third-order valence-electron chi connectivity index (χ3n) is 3.37. The number of hydrogen-bond acceptors (Lipinski definition) is 5. The molecule has 0 aliphatic rings. The molecule has 1 rings (SSSR count). The van der Waals surface area contributed by atoms with Gasteiger partial charge >= 0.3 is 6.09 Å². The Kier molecular flexibility index (Phi) is 9.33. The molecular formula is C18H32N2O3S. The molecule has 0 spiro atoms. The number of methoxy groups -OCH3 is 1. The fourth-order valence-corrected chi connectivity index (χ4v) is 3.30. The SMILES string of the molecule is COCC(CCCNC(=O)OC(C)(C)C)NC(C)Cc1cccs1. The van der Waals surface area contributed by atoms with Crippen molar-refractivity contribution in [3.63, 3.8) is 0 Å². The van der Waals surface area contributed by atoms with Crippen molar-refractivity contribution in [2.45, 2.75) is 64.6 Å². The van der Waals surface area contributed by atoms with Crippen molar-refractivity contribution in [2.75, 3.05) is 20.3 Å². The molecule has 1 aromatic heterocycles. The molecule has 1 amide bonds. The zero-order valence-corrected chi connectivity index (χ0v) is 16.4. The predicted octanol–water partition coefficient (Wildman–Crippen LogP) is 3.59. The average Bonchev–Trinajstić information content (AvgIpc) is 2.94. The van der Waals surface area contributed by atoms with Gasteiger partial charge in [0.15, 0.2) is 0 Å². The Hall–Kier alpha value is -1.11. The molecular weight excluding hydrogens is 324 g/mol. The van der Waals surface area contributed by atoms with Crippen LogP contribution in [-0.2, 0) is 15.9 Å². The highest BCUT2D eigenvalue weighted by molar-refractivity contribution is 7.09. The summed E-state index contributed by atoms with van der Waals surface area (Å²) in [5, 5.41) is 8.53. The molecule has 138 valence electrons. The van der Waals surface area contributed by atoms with Gasteiger partial charge in [-0.25, -0.2) is 4.79 Å². The third kappa shape index (κ3) is 9.90. The fourth-order valence-electron chi connectivity index (χ4n) is 2.46. The Morgan fingerprint density at radius 1 is 1.38 bits per heavy atom. The molecule has 0 aliphatic carbocycles. The van der Waals surface area contributed by atoms with Crippen LogP contribution in [-0.4, -0.2) is 44.0 Å². The minimum atomic E-state index is -0.457. The first-order valence-corrected chi connectivity index (χ1v) is 9.42. The molecule has 0 aliphatic heterocycles. The van der Waals surface area contributed by atoms with Gasteiger partial charge in [-0.3, -0.25) is 0 Å². The predicted molar refractivity (Wildman–Crippen MR) is 99.8 cm³/mol. The molecule has 0 saturated heterocycles. The van der Waals surface area contributed by atoms with Gasteiger partial charge in [-0.05, 0) is 58.4 Å². The van der Waals surface area contributed by atoms with Crippen LogP contribution < -0.4 is 10.6 Å². The van der Waals surface area contributed by atoms with Gasteiger partial charge in [0.05, 0.1) is 6.61 Å². The van der Waals surface area contributed by atoms with E-state index in [9.17, 15) is 4.79 Å². The maximum absolute atomic E-state index is 11.6. The maximum atomic E-state index is 11.6. The van der Waals surface area contributed by atoms with Crippen molar-refractivity contribution < 1.29 is 14.3 Å². The molecule has 24 heavy (non-hydrogen) atoms. The summed E-state index contributed by atoms with van der Waals surface area (Å²) in [6.45, 7) is 9.05. The van der Waals surface area contributed by atoms with Gasteiger partial charge in [0.2, 0.25) is 0 Å². The first-order valence-electron chi connectivity index (χ1n) is 8.54. The maximum Gasteiger partial charge on any atom is 0.407 e. The molecule has 1 aromatic rings. The van der Waals surface area contributed by atoms with E-state index in [1.807, 2.05) is 20.8 Å². The Balaban J connectivity index is 2.26. The molecule has 2 atom stereocenters. The number of alkyl carbamates (subject to hydrolysis) is 1. The first-order chi connectivity index (χ1) is 11.3. The molecule has 0 aromatic carbocycles. The van der Waals surface area contributed by atoms with E-state index >= 15 is 0 Å². The standard InChI is InChI=1S/C18H32N2O3S/c1-14(12-16-9-7-11-24-16)20-15(13-22-5)8-6-10-19-17(21)23-18(2,3)4/h7,9,11,14-15,20H,6,8,10,12-13H2,1-5H3,(H,19,21). The van der Waals surface area contributed by atoms with Crippen LogP contribution in [0.2, 0.25) is 0 Å². The van der Waals surface area contributed by atoms with Crippen LogP contribution in [0, 0.1) is 0 Å². The number of nitrogens with one attached hydrogen (secondary N) is 2. The van der Waals surface area contributed by atoms with Crippen LogP contribution in [0.1, 0.15) is 45.4 Å². The van der Waals surface area contributed by atoms with Gasteiger partial charge in [-0.1, -0.05) is 6.07 Å². The van der Waals surface area contributed by atoms with E-state index < -0.39 is 5.60 Å². The van der Waals surface area contributed by atoms with Gasteiger partial charge in [0.25, 0.3) is 0 Å². The molecule has 0 radical (unpaired) electrons. The molecule has 2 unspecified atom stereocenters. The Morgan fingerprint density at radius 3 is 2.71 bits per heavy atom. The lowest BCUT2D eigenvalue weighted by Gasteiger charge is -2.23. The van der Waals surface area contributed by atoms with Crippen LogP contribution in [0.3, 0.4) is 0 Å². The number of carbonyl (C=O) groups is 1. The monoisotopic (exact) mass is 356 g/mol. The quantitative estimate of drug-likeness (QED) is 0.629. The highest BCUT2D eigenvalue weighted by Gasteiger charge is 2.16. The third-order valence-corrected chi connectivity index (χ3v) is 4.27. The van der Waals surface area contributed by atoms with Crippen molar-refractivity contribution in [2.24, 2.45) is 0 Å². The molecule has 0 saturated carbocycles. The minimum absolute atomic E-state index is 0.283. The number of amides is 1. The highest BCUT2D eigenvalue weighted by Crippen LogP contribution is 2.12. The summed E-state index contributed by atoms with van der Waals surface area (Å²) in [5.74, 6) is 0. The summed E-state index contributed by atoms with van der Waals surface area (Å²) in [6, 6.07) is 4.92. The van der Waals surface area contributed by atoms with Gasteiger partial charge in [0, 0.05) is 30.6 Å². The second-order valence-corrected chi connectivity index (χ2v) is 8.11. The normalized spacial score (nSPS) is 14.2. The molecule has 1 heterocycles. The lowest BCUT2D eigenvalue weighted by atomic mass is 10.1. The van der Waals surface area contributed by atoms with Gasteiger partial charge in [0.1, 0.15) is 5.60 Å². The molecule has 5 nitrogen and oxygen atoms in total. The van der Waals surface area contributed by atoms with Crippen LogP contribution in [0.25, 0.3) is 0 Å². The van der Waals surface area contributed by atoms with Crippen LogP contribution in [0.15, 0.2) is 17.5 Å². The Bertz CT molecular complexity index is 457. The zero-order valence-electron chi connectivity index (χ0n) is 15.6. The van der Waals surface area contributed by atoms with E-state index in [4.69, 9.17) is 9.47 Å². The minimum Gasteiger partial charge on any atom is -0.444 e. The van der Waals surface area contributed by atoms with Crippen molar-refractivity contribution in [3.05, 3.63) is 22.4 Å². The highest BCUT2D eigenvalue weighted by atomic mass is 32.1.